The van der Waals surface area contributed by atoms with Gasteiger partial charge in [0, 0.05) is 29.7 Å². The number of likely N-dealkylation sites (tertiary alicyclic amines) is 1. The fourth-order valence-electron chi connectivity index (χ4n) is 4.82. The van der Waals surface area contributed by atoms with Gasteiger partial charge in [-0.25, -0.2) is 9.18 Å². The third-order valence-electron chi connectivity index (χ3n) is 6.51. The van der Waals surface area contributed by atoms with Gasteiger partial charge in [0.25, 0.3) is 0 Å². The van der Waals surface area contributed by atoms with Gasteiger partial charge in [-0.05, 0) is 37.8 Å². The van der Waals surface area contributed by atoms with Crippen molar-refractivity contribution in [3.8, 4) is 0 Å². The molecule has 9 nitrogen and oxygen atoms in total. The van der Waals surface area contributed by atoms with Crippen LogP contribution in [0.1, 0.15) is 34.6 Å². The highest BCUT2D eigenvalue weighted by Crippen LogP contribution is 2.48. The highest BCUT2D eigenvalue weighted by atomic mass is 35.5. The van der Waals surface area contributed by atoms with Crippen LogP contribution in [0.15, 0.2) is 30.5 Å². The lowest BCUT2D eigenvalue weighted by atomic mass is 10.1. The summed E-state index contributed by atoms with van der Waals surface area (Å²) in [6.45, 7) is 1.45. The quantitative estimate of drug-likeness (QED) is 0.554. The van der Waals surface area contributed by atoms with Crippen molar-refractivity contribution in [3.63, 3.8) is 0 Å². The number of pyridine rings is 1. The molecule has 1 aliphatic heterocycles. The predicted octanol–water partition coefficient (Wildman–Crippen LogP) is 2.54. The second kappa shape index (κ2) is 8.35. The number of carboxylic acids is 1. The summed E-state index contributed by atoms with van der Waals surface area (Å²) in [5.41, 5.74) is 1.12. The average molecular weight is 486 g/mol. The highest BCUT2D eigenvalue weighted by molar-refractivity contribution is 6.30. The van der Waals surface area contributed by atoms with E-state index in [2.05, 4.69) is 15.4 Å². The molecule has 0 bridgehead atoms. The van der Waals surface area contributed by atoms with E-state index in [-0.39, 0.29) is 53.1 Å². The monoisotopic (exact) mass is 485 g/mol. The molecule has 11 heteroatoms. The molecule has 0 spiro atoms. The van der Waals surface area contributed by atoms with E-state index in [1.165, 1.54) is 23.0 Å². The smallest absolute Gasteiger partial charge is 0.357 e. The number of rotatable bonds is 6. The molecule has 2 aliphatic rings. The number of amides is 2. The van der Waals surface area contributed by atoms with E-state index >= 15 is 0 Å². The van der Waals surface area contributed by atoms with Gasteiger partial charge in [0.1, 0.15) is 18.4 Å². The van der Waals surface area contributed by atoms with E-state index in [9.17, 15) is 23.9 Å². The third-order valence-corrected chi connectivity index (χ3v) is 6.80. The van der Waals surface area contributed by atoms with Crippen LogP contribution >= 0.6 is 11.6 Å². The molecule has 176 valence electrons. The maximum absolute atomic E-state index is 14.2. The van der Waals surface area contributed by atoms with Gasteiger partial charge in [-0.3, -0.25) is 19.3 Å². The number of piperidine rings is 1. The van der Waals surface area contributed by atoms with Crippen molar-refractivity contribution in [1.29, 1.82) is 0 Å². The first-order chi connectivity index (χ1) is 16.3. The van der Waals surface area contributed by atoms with Crippen molar-refractivity contribution < 1.29 is 23.9 Å². The Morgan fingerprint density at radius 3 is 2.82 bits per heavy atom. The number of aromatic nitrogens is 3. The maximum Gasteiger partial charge on any atom is 0.357 e. The number of halogens is 2. The van der Waals surface area contributed by atoms with E-state index in [1.807, 2.05) is 0 Å². The van der Waals surface area contributed by atoms with Gasteiger partial charge in [-0.1, -0.05) is 23.7 Å². The first-order valence-corrected chi connectivity index (χ1v) is 11.2. The first-order valence-electron chi connectivity index (χ1n) is 10.8. The summed E-state index contributed by atoms with van der Waals surface area (Å²) in [7, 11) is 0. The summed E-state index contributed by atoms with van der Waals surface area (Å²) in [5.74, 6) is -2.24. The molecule has 2 fully saturated rings. The topological polar surface area (TPSA) is 117 Å². The second-order valence-electron chi connectivity index (χ2n) is 8.65. The van der Waals surface area contributed by atoms with Crippen LogP contribution in [0.3, 0.4) is 0 Å². The van der Waals surface area contributed by atoms with Gasteiger partial charge in [-0.2, -0.15) is 5.10 Å². The number of carboxylic acid groups (broad SMARTS) is 1. The van der Waals surface area contributed by atoms with Crippen molar-refractivity contribution in [2.45, 2.75) is 44.9 Å². The van der Waals surface area contributed by atoms with Crippen LogP contribution in [0.4, 0.5) is 4.39 Å². The Kier molecular flexibility index (Phi) is 5.47. The van der Waals surface area contributed by atoms with Crippen LogP contribution in [0.2, 0.25) is 5.02 Å². The lowest BCUT2D eigenvalue weighted by Crippen LogP contribution is -2.48. The van der Waals surface area contributed by atoms with E-state index < -0.39 is 17.8 Å². The molecule has 5 rings (SSSR count). The largest absolute Gasteiger partial charge is 0.476 e. The van der Waals surface area contributed by atoms with Crippen LogP contribution in [0.5, 0.6) is 0 Å². The maximum atomic E-state index is 14.2. The summed E-state index contributed by atoms with van der Waals surface area (Å²) in [6, 6.07) is 5.40. The van der Waals surface area contributed by atoms with E-state index in [0.29, 0.717) is 23.0 Å². The molecule has 1 aromatic carbocycles. The zero-order valence-electron chi connectivity index (χ0n) is 18.2. The van der Waals surface area contributed by atoms with Gasteiger partial charge >= 0.3 is 5.97 Å². The fraction of sp³-hybridized carbons (Fsp3) is 0.348. The SMILES string of the molecule is Cc1nccc2c(C(=O)O)nn(CC(=O)N3[C@@H]4C[C@@H]4C[C@H]3C(=O)NCc3cccc(Cl)c3F)c12. The number of aryl methyl sites for hydroxylation is 1. The van der Waals surface area contributed by atoms with Crippen LogP contribution in [0.25, 0.3) is 10.9 Å². The van der Waals surface area contributed by atoms with Crippen molar-refractivity contribution in [2.75, 3.05) is 0 Å². The molecule has 2 amide bonds. The van der Waals surface area contributed by atoms with Crippen molar-refractivity contribution >= 4 is 40.3 Å². The van der Waals surface area contributed by atoms with Gasteiger partial charge < -0.3 is 15.3 Å². The number of benzene rings is 1. The van der Waals surface area contributed by atoms with Gasteiger partial charge in [-0.15, -0.1) is 0 Å². The number of hydrogen-bond acceptors (Lipinski definition) is 5. The zero-order chi connectivity index (χ0) is 24.1. The number of hydrogen-bond donors (Lipinski definition) is 2. The Morgan fingerprint density at radius 2 is 2.06 bits per heavy atom. The van der Waals surface area contributed by atoms with Crippen LogP contribution in [0, 0.1) is 18.7 Å². The van der Waals surface area contributed by atoms with Gasteiger partial charge in [0.05, 0.1) is 16.2 Å². The molecule has 2 aromatic heterocycles. The average Bonchev–Trinajstić information content (AvgIpc) is 3.29. The Hall–Kier alpha value is -3.53. The standard InChI is InChI=1S/C23H21ClFN5O4/c1-11-21-14(5-6-26-11)20(23(33)34)28-29(21)10-18(31)30-16-7-13(16)8-17(30)22(32)27-9-12-3-2-4-15(24)19(12)25/h2-6,13,16-17H,7-10H2,1H3,(H,27,32)(H,33,34)/t13-,16-,17+/m1/s1. The Morgan fingerprint density at radius 1 is 1.26 bits per heavy atom. The number of carbonyl (C=O) groups is 3. The van der Waals surface area contributed by atoms with Crippen LogP contribution in [-0.4, -0.2) is 54.6 Å². The van der Waals surface area contributed by atoms with E-state index in [4.69, 9.17) is 11.6 Å². The number of carbonyl (C=O) groups excluding carboxylic acids is 2. The lowest BCUT2D eigenvalue weighted by Gasteiger charge is -2.27. The molecule has 1 aliphatic carbocycles. The van der Waals surface area contributed by atoms with E-state index in [0.717, 1.165) is 6.42 Å². The van der Waals surface area contributed by atoms with Crippen molar-refractivity contribution in [2.24, 2.45) is 5.92 Å². The summed E-state index contributed by atoms with van der Waals surface area (Å²) >= 11 is 5.81. The molecule has 3 heterocycles. The molecule has 34 heavy (non-hydrogen) atoms. The molecule has 2 N–H and O–H groups in total. The molecule has 3 atom stereocenters. The Bertz CT molecular complexity index is 1340. The summed E-state index contributed by atoms with van der Waals surface area (Å²) in [4.78, 5) is 43.6. The lowest BCUT2D eigenvalue weighted by molar-refractivity contribution is -0.140. The minimum Gasteiger partial charge on any atom is -0.476 e. The fourth-order valence-corrected chi connectivity index (χ4v) is 5.01. The Balaban J connectivity index is 1.35. The molecule has 1 saturated heterocycles. The van der Waals surface area contributed by atoms with Gasteiger partial charge in [0.15, 0.2) is 5.69 Å². The molecule has 3 aromatic rings. The second-order valence-corrected chi connectivity index (χ2v) is 9.06. The van der Waals surface area contributed by atoms with Crippen LogP contribution < -0.4 is 5.32 Å². The summed E-state index contributed by atoms with van der Waals surface area (Å²) in [6.07, 6.45) is 2.84. The third kappa shape index (κ3) is 3.77. The first kappa shape index (κ1) is 22.3. The Labute approximate surface area is 198 Å². The zero-order valence-corrected chi connectivity index (χ0v) is 18.9. The number of nitrogens with zero attached hydrogens (tertiary/aromatic N) is 4. The molecular weight excluding hydrogens is 465 g/mol. The van der Waals surface area contributed by atoms with Crippen LogP contribution in [-0.2, 0) is 22.7 Å². The minimum absolute atomic E-state index is 0.0253. The molecule has 1 saturated carbocycles. The van der Waals surface area contributed by atoms with Crippen molar-refractivity contribution in [3.05, 3.63) is 58.3 Å². The minimum atomic E-state index is -1.20. The molecule has 0 unspecified atom stereocenters. The van der Waals surface area contributed by atoms with Crippen molar-refractivity contribution in [1.82, 2.24) is 25.0 Å². The predicted molar refractivity (Wildman–Crippen MR) is 120 cm³/mol. The summed E-state index contributed by atoms with van der Waals surface area (Å²) in [5, 5.41) is 16.7. The van der Waals surface area contributed by atoms with E-state index in [1.54, 1.807) is 24.0 Å². The number of aromatic carboxylic acids is 1. The summed E-state index contributed by atoms with van der Waals surface area (Å²) < 4.78 is 15.5. The normalized spacial score (nSPS) is 20.9. The molecular formula is C23H21ClFN5O4. The number of nitrogens with one attached hydrogen (secondary N) is 1. The number of fused-ring (bicyclic) bond motifs is 2. The van der Waals surface area contributed by atoms with Gasteiger partial charge in [0.2, 0.25) is 11.8 Å². The molecule has 0 radical (unpaired) electrons. The highest BCUT2D eigenvalue weighted by Gasteiger charge is 2.56.